The van der Waals surface area contributed by atoms with Gasteiger partial charge in [0.15, 0.2) is 9.84 Å². The van der Waals surface area contributed by atoms with E-state index in [-0.39, 0.29) is 17.4 Å². The van der Waals surface area contributed by atoms with Gasteiger partial charge in [-0.25, -0.2) is 8.42 Å². The highest BCUT2D eigenvalue weighted by atomic mass is 32.2. The molecular formula is C15H21NO3S. The van der Waals surface area contributed by atoms with Crippen molar-refractivity contribution in [1.82, 2.24) is 5.32 Å². The van der Waals surface area contributed by atoms with Crippen LogP contribution in [0, 0.1) is 0 Å². The van der Waals surface area contributed by atoms with E-state index in [1.807, 2.05) is 12.1 Å². The van der Waals surface area contributed by atoms with Gasteiger partial charge in [0, 0.05) is 18.7 Å². The topological polar surface area (TPSA) is 55.4 Å². The summed E-state index contributed by atoms with van der Waals surface area (Å²) in [6.07, 6.45) is 1.84. The molecule has 20 heavy (non-hydrogen) atoms. The van der Waals surface area contributed by atoms with Crippen molar-refractivity contribution in [3.05, 3.63) is 29.8 Å². The lowest BCUT2D eigenvalue weighted by molar-refractivity contribution is -0.0639. The van der Waals surface area contributed by atoms with Crippen LogP contribution in [0.3, 0.4) is 0 Å². The zero-order valence-corrected chi connectivity index (χ0v) is 12.7. The average Bonchev–Trinajstić information content (AvgIpc) is 2.61. The minimum absolute atomic E-state index is 0.0879. The van der Waals surface area contributed by atoms with Crippen molar-refractivity contribution < 1.29 is 13.2 Å². The van der Waals surface area contributed by atoms with Gasteiger partial charge in [-0.15, -0.1) is 0 Å². The Balaban J connectivity index is 1.80. The first-order chi connectivity index (χ1) is 9.37. The second-order valence-electron chi connectivity index (χ2n) is 6.34. The van der Waals surface area contributed by atoms with E-state index in [0.717, 1.165) is 25.0 Å². The number of fused-ring (bicyclic) bond motifs is 1. The molecule has 0 spiro atoms. The predicted molar refractivity (Wildman–Crippen MR) is 77.4 cm³/mol. The van der Waals surface area contributed by atoms with E-state index in [2.05, 4.69) is 19.2 Å². The smallest absolute Gasteiger partial charge is 0.180 e. The van der Waals surface area contributed by atoms with E-state index < -0.39 is 9.84 Å². The Morgan fingerprint density at radius 2 is 2.05 bits per heavy atom. The average molecular weight is 295 g/mol. The molecular weight excluding hydrogens is 274 g/mol. The molecule has 1 N–H and O–H groups in total. The quantitative estimate of drug-likeness (QED) is 0.907. The third-order valence-electron chi connectivity index (χ3n) is 4.15. The van der Waals surface area contributed by atoms with Crippen LogP contribution >= 0.6 is 0 Å². The Bertz CT molecular complexity index is 609. The zero-order chi connectivity index (χ0) is 14.4. The zero-order valence-electron chi connectivity index (χ0n) is 11.9. The summed E-state index contributed by atoms with van der Waals surface area (Å²) in [7, 11) is -3.13. The predicted octanol–water partition coefficient (Wildman–Crippen LogP) is 2.06. The Kier molecular flexibility index (Phi) is 3.39. The molecule has 0 radical (unpaired) electrons. The van der Waals surface area contributed by atoms with Crippen molar-refractivity contribution >= 4 is 9.84 Å². The van der Waals surface area contributed by atoms with E-state index in [0.29, 0.717) is 10.9 Å². The van der Waals surface area contributed by atoms with Crippen molar-refractivity contribution in [3.8, 4) is 0 Å². The fraction of sp³-hybridized carbons (Fsp3) is 0.600. The largest absolute Gasteiger partial charge is 0.375 e. The summed E-state index contributed by atoms with van der Waals surface area (Å²) in [6.45, 7) is 4.89. The molecule has 3 rings (SSSR count). The van der Waals surface area contributed by atoms with Crippen LogP contribution in [-0.4, -0.2) is 32.4 Å². The molecule has 0 aliphatic carbocycles. The van der Waals surface area contributed by atoms with Crippen LogP contribution in [0.1, 0.15) is 38.3 Å². The Hall–Kier alpha value is -0.910. The first-order valence-corrected chi connectivity index (χ1v) is 8.74. The van der Waals surface area contributed by atoms with Crippen molar-refractivity contribution in [2.24, 2.45) is 0 Å². The van der Waals surface area contributed by atoms with Gasteiger partial charge in [0.05, 0.1) is 16.2 Å². The highest BCUT2D eigenvalue weighted by Crippen LogP contribution is 2.34. The molecule has 110 valence electrons. The van der Waals surface area contributed by atoms with Gasteiger partial charge in [-0.3, -0.25) is 0 Å². The second kappa shape index (κ2) is 4.83. The molecule has 1 aromatic rings. The molecule has 2 unspecified atom stereocenters. The Labute approximate surface area is 120 Å². The van der Waals surface area contributed by atoms with E-state index in [9.17, 15) is 8.42 Å². The SMILES string of the molecule is CC1(C)CC(NC2CS(=O)(=O)c3ccccc32)CCO1. The number of hydrogen-bond acceptors (Lipinski definition) is 4. The van der Waals surface area contributed by atoms with Gasteiger partial charge in [0.25, 0.3) is 0 Å². The summed E-state index contributed by atoms with van der Waals surface area (Å²) < 4.78 is 30.0. The number of sulfone groups is 1. The summed E-state index contributed by atoms with van der Waals surface area (Å²) in [6, 6.07) is 7.54. The van der Waals surface area contributed by atoms with Gasteiger partial charge >= 0.3 is 0 Å². The molecule has 2 aliphatic heterocycles. The van der Waals surface area contributed by atoms with Crippen LogP contribution in [0.2, 0.25) is 0 Å². The van der Waals surface area contributed by atoms with Crippen molar-refractivity contribution in [3.63, 3.8) is 0 Å². The van der Waals surface area contributed by atoms with E-state index >= 15 is 0 Å². The van der Waals surface area contributed by atoms with Crippen LogP contribution in [0.25, 0.3) is 0 Å². The number of nitrogens with one attached hydrogen (secondary N) is 1. The molecule has 0 aromatic heterocycles. The molecule has 1 aromatic carbocycles. The highest BCUT2D eigenvalue weighted by Gasteiger charge is 2.37. The van der Waals surface area contributed by atoms with Gasteiger partial charge in [-0.1, -0.05) is 18.2 Å². The van der Waals surface area contributed by atoms with Gasteiger partial charge in [-0.05, 0) is 38.3 Å². The first-order valence-electron chi connectivity index (χ1n) is 7.09. The molecule has 2 aliphatic rings. The third-order valence-corrected chi connectivity index (χ3v) is 5.96. The number of benzene rings is 1. The van der Waals surface area contributed by atoms with E-state index in [4.69, 9.17) is 4.74 Å². The maximum Gasteiger partial charge on any atom is 0.180 e. The van der Waals surface area contributed by atoms with E-state index in [1.165, 1.54) is 0 Å². The van der Waals surface area contributed by atoms with Crippen LogP contribution in [0.15, 0.2) is 29.2 Å². The van der Waals surface area contributed by atoms with Gasteiger partial charge in [0.1, 0.15) is 0 Å². The first kappa shape index (κ1) is 14.0. The molecule has 1 fully saturated rings. The molecule has 5 heteroatoms. The molecule has 0 bridgehead atoms. The highest BCUT2D eigenvalue weighted by molar-refractivity contribution is 7.91. The lowest BCUT2D eigenvalue weighted by Gasteiger charge is -2.37. The van der Waals surface area contributed by atoms with Gasteiger partial charge in [-0.2, -0.15) is 0 Å². The summed E-state index contributed by atoms with van der Waals surface area (Å²) in [5, 5.41) is 3.53. The molecule has 2 atom stereocenters. The van der Waals surface area contributed by atoms with Crippen LogP contribution in [0.4, 0.5) is 0 Å². The van der Waals surface area contributed by atoms with Crippen LogP contribution in [-0.2, 0) is 14.6 Å². The fourth-order valence-corrected chi connectivity index (χ4v) is 5.00. The van der Waals surface area contributed by atoms with Gasteiger partial charge in [0.2, 0.25) is 0 Å². The van der Waals surface area contributed by atoms with Crippen molar-refractivity contribution in [2.45, 2.75) is 49.3 Å². The second-order valence-corrected chi connectivity index (χ2v) is 8.34. The molecule has 2 heterocycles. The fourth-order valence-electron chi connectivity index (χ4n) is 3.25. The van der Waals surface area contributed by atoms with Crippen molar-refractivity contribution in [1.29, 1.82) is 0 Å². The third kappa shape index (κ3) is 2.62. The lowest BCUT2D eigenvalue weighted by atomic mass is 9.93. The summed E-state index contributed by atoms with van der Waals surface area (Å²) in [5.74, 6) is 0.171. The molecule has 4 nitrogen and oxygen atoms in total. The number of rotatable bonds is 2. The van der Waals surface area contributed by atoms with Crippen LogP contribution in [0.5, 0.6) is 0 Å². The lowest BCUT2D eigenvalue weighted by Crippen LogP contribution is -2.45. The minimum Gasteiger partial charge on any atom is -0.375 e. The summed E-state index contributed by atoms with van der Waals surface area (Å²) in [4.78, 5) is 0.490. The van der Waals surface area contributed by atoms with Gasteiger partial charge < -0.3 is 10.1 Å². The normalized spacial score (nSPS) is 30.9. The number of hydrogen-bond donors (Lipinski definition) is 1. The molecule has 1 saturated heterocycles. The molecule has 0 saturated carbocycles. The standard InChI is InChI=1S/C15H21NO3S/c1-15(2)9-11(7-8-19-15)16-13-10-20(17,18)14-6-4-3-5-12(13)14/h3-6,11,13,16H,7-10H2,1-2H3. The van der Waals surface area contributed by atoms with Crippen molar-refractivity contribution in [2.75, 3.05) is 12.4 Å². The summed E-state index contributed by atoms with van der Waals surface area (Å²) >= 11 is 0. The number of ether oxygens (including phenoxy) is 1. The molecule has 0 amide bonds. The monoisotopic (exact) mass is 295 g/mol. The maximum atomic E-state index is 12.2. The summed E-state index contributed by atoms with van der Waals surface area (Å²) in [5.41, 5.74) is 0.782. The Morgan fingerprint density at radius 3 is 2.80 bits per heavy atom. The maximum absolute atomic E-state index is 12.2. The van der Waals surface area contributed by atoms with Crippen LogP contribution < -0.4 is 5.32 Å². The minimum atomic E-state index is -3.13. The Morgan fingerprint density at radius 1 is 1.30 bits per heavy atom. The van der Waals surface area contributed by atoms with E-state index in [1.54, 1.807) is 12.1 Å².